The summed E-state index contributed by atoms with van der Waals surface area (Å²) in [7, 11) is 0. The van der Waals surface area contributed by atoms with E-state index in [4.69, 9.17) is 5.73 Å². The first kappa shape index (κ1) is 17.2. The topological polar surface area (TPSA) is 32.5 Å². The first-order valence-electron chi connectivity index (χ1n) is 9.41. The van der Waals surface area contributed by atoms with Gasteiger partial charge in [-0.3, -0.25) is 4.90 Å². The van der Waals surface area contributed by atoms with Crippen molar-refractivity contribution in [3.63, 3.8) is 0 Å². The van der Waals surface area contributed by atoms with Gasteiger partial charge in [0.15, 0.2) is 0 Å². The summed E-state index contributed by atoms with van der Waals surface area (Å²) < 4.78 is 0. The van der Waals surface area contributed by atoms with Gasteiger partial charge in [-0.2, -0.15) is 0 Å². The lowest BCUT2D eigenvalue weighted by atomic mass is 9.88. The van der Waals surface area contributed by atoms with Crippen LogP contribution in [0.5, 0.6) is 0 Å². The lowest BCUT2D eigenvalue weighted by Gasteiger charge is -2.43. The third-order valence-corrected chi connectivity index (χ3v) is 6.05. The van der Waals surface area contributed by atoms with Gasteiger partial charge in [-0.25, -0.2) is 0 Å². The molecule has 2 N–H and O–H groups in total. The molecule has 3 nitrogen and oxygen atoms in total. The van der Waals surface area contributed by atoms with E-state index in [0.717, 1.165) is 12.5 Å². The molecular weight excluding hydrogens is 258 g/mol. The minimum Gasteiger partial charge on any atom is -0.329 e. The Kier molecular flexibility index (Phi) is 6.97. The maximum Gasteiger partial charge on any atom is 0.0344 e. The molecule has 0 saturated carbocycles. The molecule has 2 rings (SSSR count). The van der Waals surface area contributed by atoms with E-state index in [-0.39, 0.29) is 0 Å². The first-order chi connectivity index (χ1) is 10.2. The van der Waals surface area contributed by atoms with Gasteiger partial charge in [-0.1, -0.05) is 26.7 Å². The summed E-state index contributed by atoms with van der Waals surface area (Å²) in [5.41, 5.74) is 6.61. The molecule has 0 amide bonds. The van der Waals surface area contributed by atoms with Crippen molar-refractivity contribution >= 4 is 0 Å². The van der Waals surface area contributed by atoms with Crippen molar-refractivity contribution in [3.05, 3.63) is 0 Å². The predicted molar refractivity (Wildman–Crippen MR) is 91.6 cm³/mol. The SMILES string of the molecule is CCCC1CCCN(C2(CN)CCCN(CC)CC2)CC1. The lowest BCUT2D eigenvalue weighted by Crippen LogP contribution is -2.54. The van der Waals surface area contributed by atoms with E-state index in [1.807, 2.05) is 0 Å². The quantitative estimate of drug-likeness (QED) is 0.846. The van der Waals surface area contributed by atoms with E-state index in [1.165, 1.54) is 84.1 Å². The molecule has 0 radical (unpaired) electrons. The fraction of sp³-hybridized carbons (Fsp3) is 1.00. The second-order valence-corrected chi connectivity index (χ2v) is 7.29. The summed E-state index contributed by atoms with van der Waals surface area (Å²) in [6.45, 7) is 11.7. The number of likely N-dealkylation sites (tertiary alicyclic amines) is 2. The second-order valence-electron chi connectivity index (χ2n) is 7.29. The number of nitrogens with zero attached hydrogens (tertiary/aromatic N) is 2. The molecule has 124 valence electrons. The van der Waals surface area contributed by atoms with Crippen molar-refractivity contribution in [2.75, 3.05) is 39.3 Å². The maximum atomic E-state index is 6.31. The highest BCUT2D eigenvalue weighted by Gasteiger charge is 2.37. The average molecular weight is 296 g/mol. The second kappa shape index (κ2) is 8.50. The molecule has 2 heterocycles. The molecule has 2 fully saturated rings. The molecule has 0 spiro atoms. The molecule has 0 bridgehead atoms. The Hall–Kier alpha value is -0.120. The van der Waals surface area contributed by atoms with Gasteiger partial charge >= 0.3 is 0 Å². The summed E-state index contributed by atoms with van der Waals surface area (Å²) in [6.07, 6.45) is 10.9. The zero-order chi connectivity index (χ0) is 15.1. The van der Waals surface area contributed by atoms with Crippen molar-refractivity contribution in [1.29, 1.82) is 0 Å². The maximum absolute atomic E-state index is 6.31. The van der Waals surface area contributed by atoms with Crippen molar-refractivity contribution in [3.8, 4) is 0 Å². The molecule has 21 heavy (non-hydrogen) atoms. The third kappa shape index (κ3) is 4.43. The molecule has 0 aromatic heterocycles. The highest BCUT2D eigenvalue weighted by Crippen LogP contribution is 2.32. The van der Waals surface area contributed by atoms with Crippen molar-refractivity contribution in [1.82, 2.24) is 9.80 Å². The molecule has 2 unspecified atom stereocenters. The molecule has 2 aliphatic heterocycles. The minimum absolute atomic E-state index is 0.297. The summed E-state index contributed by atoms with van der Waals surface area (Å²) >= 11 is 0. The predicted octanol–water partition coefficient (Wildman–Crippen LogP) is 3.09. The average Bonchev–Trinajstić information content (AvgIpc) is 2.86. The Balaban J connectivity index is 1.99. The molecule has 3 heteroatoms. The fourth-order valence-electron chi connectivity index (χ4n) is 4.54. The van der Waals surface area contributed by atoms with E-state index in [2.05, 4.69) is 23.6 Å². The summed E-state index contributed by atoms with van der Waals surface area (Å²) in [6, 6.07) is 0. The van der Waals surface area contributed by atoms with Crippen LogP contribution in [0.15, 0.2) is 0 Å². The van der Waals surface area contributed by atoms with E-state index in [1.54, 1.807) is 0 Å². The van der Waals surface area contributed by atoms with Crippen molar-refractivity contribution in [2.24, 2.45) is 11.7 Å². The van der Waals surface area contributed by atoms with Crippen LogP contribution < -0.4 is 5.73 Å². The van der Waals surface area contributed by atoms with Crippen molar-refractivity contribution < 1.29 is 0 Å². The van der Waals surface area contributed by atoms with Crippen LogP contribution in [-0.4, -0.2) is 54.6 Å². The van der Waals surface area contributed by atoms with Crippen LogP contribution in [0.4, 0.5) is 0 Å². The van der Waals surface area contributed by atoms with Gasteiger partial charge in [-0.15, -0.1) is 0 Å². The van der Waals surface area contributed by atoms with Crippen LogP contribution in [0.2, 0.25) is 0 Å². The summed E-state index contributed by atoms with van der Waals surface area (Å²) in [5, 5.41) is 0. The van der Waals surface area contributed by atoms with Gasteiger partial charge in [0, 0.05) is 12.1 Å². The van der Waals surface area contributed by atoms with E-state index >= 15 is 0 Å². The zero-order valence-corrected chi connectivity index (χ0v) is 14.4. The van der Waals surface area contributed by atoms with Crippen molar-refractivity contribution in [2.45, 2.75) is 70.8 Å². The smallest absolute Gasteiger partial charge is 0.0344 e. The van der Waals surface area contributed by atoms with Crippen LogP contribution in [0.25, 0.3) is 0 Å². The number of nitrogens with two attached hydrogens (primary N) is 1. The van der Waals surface area contributed by atoms with Crippen LogP contribution in [0, 0.1) is 5.92 Å². The van der Waals surface area contributed by atoms with Gasteiger partial charge in [0.05, 0.1) is 0 Å². The molecule has 2 aliphatic rings. The van der Waals surface area contributed by atoms with Crippen LogP contribution >= 0.6 is 0 Å². The van der Waals surface area contributed by atoms with Gasteiger partial charge in [-0.05, 0) is 77.2 Å². The normalized spacial score (nSPS) is 33.6. The first-order valence-corrected chi connectivity index (χ1v) is 9.41. The van der Waals surface area contributed by atoms with Gasteiger partial charge < -0.3 is 10.6 Å². The van der Waals surface area contributed by atoms with Crippen LogP contribution in [-0.2, 0) is 0 Å². The van der Waals surface area contributed by atoms with Crippen LogP contribution in [0.1, 0.15) is 65.2 Å². The molecule has 0 aromatic carbocycles. The van der Waals surface area contributed by atoms with E-state index in [0.29, 0.717) is 5.54 Å². The van der Waals surface area contributed by atoms with Gasteiger partial charge in [0.25, 0.3) is 0 Å². The number of hydrogen-bond acceptors (Lipinski definition) is 3. The standard InChI is InChI=1S/C18H37N3/c1-3-7-17-8-5-13-21(14-9-17)18(16-19)10-6-12-20(4-2)15-11-18/h17H,3-16,19H2,1-2H3. The highest BCUT2D eigenvalue weighted by molar-refractivity contribution is 4.95. The monoisotopic (exact) mass is 295 g/mol. The molecular formula is C18H37N3. The Bertz CT molecular complexity index is 294. The molecule has 2 saturated heterocycles. The zero-order valence-electron chi connectivity index (χ0n) is 14.4. The Morgan fingerprint density at radius 2 is 1.86 bits per heavy atom. The Morgan fingerprint density at radius 3 is 2.57 bits per heavy atom. The molecule has 0 aromatic rings. The number of rotatable bonds is 5. The number of hydrogen-bond donors (Lipinski definition) is 1. The fourth-order valence-corrected chi connectivity index (χ4v) is 4.54. The minimum atomic E-state index is 0.297. The summed E-state index contributed by atoms with van der Waals surface area (Å²) in [5.74, 6) is 0.966. The Labute approximate surface area is 132 Å². The van der Waals surface area contributed by atoms with Gasteiger partial charge in [0.1, 0.15) is 0 Å². The summed E-state index contributed by atoms with van der Waals surface area (Å²) in [4.78, 5) is 5.40. The Morgan fingerprint density at radius 1 is 1.00 bits per heavy atom. The third-order valence-electron chi connectivity index (χ3n) is 6.05. The molecule has 2 atom stereocenters. The molecule has 0 aliphatic carbocycles. The van der Waals surface area contributed by atoms with E-state index in [9.17, 15) is 0 Å². The van der Waals surface area contributed by atoms with Crippen LogP contribution in [0.3, 0.4) is 0 Å². The highest BCUT2D eigenvalue weighted by atomic mass is 15.2. The van der Waals surface area contributed by atoms with Gasteiger partial charge in [0.2, 0.25) is 0 Å². The van der Waals surface area contributed by atoms with E-state index < -0.39 is 0 Å². The largest absolute Gasteiger partial charge is 0.329 e. The lowest BCUT2D eigenvalue weighted by molar-refractivity contribution is 0.0803.